The molecule has 0 aromatic heterocycles. The second kappa shape index (κ2) is 6.12. The second-order valence-corrected chi connectivity index (χ2v) is 2.09. The Morgan fingerprint density at radius 3 is 2.89 bits per heavy atom. The fourth-order valence-electron chi connectivity index (χ4n) is 0.328. The van der Waals surface area contributed by atoms with Crippen LogP contribution in [-0.2, 0) is 4.74 Å². The molecule has 0 bridgehead atoms. The van der Waals surface area contributed by atoms with Gasteiger partial charge in [-0.3, -0.25) is 0 Å². The van der Waals surface area contributed by atoms with Gasteiger partial charge in [0.25, 0.3) is 0 Å². The largest absolute Gasteiger partial charge is 0.439 e. The lowest BCUT2D eigenvalue weighted by molar-refractivity contribution is 0.168. The smallest absolute Gasteiger partial charge is 0.407 e. The summed E-state index contributed by atoms with van der Waals surface area (Å²) in [5, 5.41) is 2.57. The van der Waals surface area contributed by atoms with Gasteiger partial charge in [0, 0.05) is 6.54 Å². The Hall–Kier alpha value is 0. The maximum absolute atomic E-state index is 10.5. The summed E-state index contributed by atoms with van der Waals surface area (Å²) in [6, 6.07) is 0. The number of alkyl halides is 1. The average molecular weight is 243 g/mol. The number of hydrogen-bond acceptors (Lipinski definition) is 2. The summed E-state index contributed by atoms with van der Waals surface area (Å²) in [6.45, 7) is 2.68. The van der Waals surface area contributed by atoms with Crippen LogP contribution in [0.15, 0.2) is 0 Å². The van der Waals surface area contributed by atoms with Gasteiger partial charge in [0.15, 0.2) is 0 Å². The van der Waals surface area contributed by atoms with E-state index < -0.39 is 0 Å². The van der Waals surface area contributed by atoms with Crippen molar-refractivity contribution in [3.63, 3.8) is 0 Å². The molecule has 0 rings (SSSR count). The molecule has 0 radical (unpaired) electrons. The molecule has 0 atom stereocenters. The van der Waals surface area contributed by atoms with Crippen molar-refractivity contribution >= 4 is 28.7 Å². The number of amides is 1. The van der Waals surface area contributed by atoms with E-state index in [4.69, 9.17) is 0 Å². The highest BCUT2D eigenvalue weighted by Crippen LogP contribution is 1.84. The van der Waals surface area contributed by atoms with Crippen LogP contribution >= 0.6 is 22.6 Å². The summed E-state index contributed by atoms with van der Waals surface area (Å²) in [7, 11) is 0. The number of ether oxygens (including phenoxy) is 1. The lowest BCUT2D eigenvalue weighted by Crippen LogP contribution is -2.24. The zero-order chi connectivity index (χ0) is 7.11. The summed E-state index contributed by atoms with van der Waals surface area (Å²) < 4.78 is 4.99. The maximum atomic E-state index is 10.5. The lowest BCUT2D eigenvalue weighted by Gasteiger charge is -2.00. The molecule has 0 heterocycles. The predicted molar refractivity (Wildman–Crippen MR) is 43.7 cm³/mol. The van der Waals surface area contributed by atoms with Crippen LogP contribution in [0.2, 0.25) is 0 Å². The Bertz CT molecular complexity index is 87.0. The van der Waals surface area contributed by atoms with Crippen LogP contribution < -0.4 is 5.32 Å². The zero-order valence-electron chi connectivity index (χ0n) is 5.32. The van der Waals surface area contributed by atoms with Gasteiger partial charge in [-0.1, -0.05) is 6.92 Å². The van der Waals surface area contributed by atoms with Crippen molar-refractivity contribution in [3.8, 4) is 0 Å². The summed E-state index contributed by atoms with van der Waals surface area (Å²) in [5.74, 6) is 0. The third-order valence-corrected chi connectivity index (χ3v) is 1.02. The Kier molecular flexibility index (Phi) is 6.12. The first kappa shape index (κ1) is 9.00. The number of hydrogen-bond donors (Lipinski definition) is 1. The molecule has 0 saturated heterocycles. The highest BCUT2D eigenvalue weighted by atomic mass is 127. The van der Waals surface area contributed by atoms with Gasteiger partial charge >= 0.3 is 6.09 Å². The molecule has 9 heavy (non-hydrogen) atoms. The van der Waals surface area contributed by atoms with Gasteiger partial charge in [-0.15, -0.1) is 0 Å². The summed E-state index contributed by atoms with van der Waals surface area (Å²) in [6.07, 6.45) is 0.613. The van der Waals surface area contributed by atoms with E-state index in [0.29, 0.717) is 11.2 Å². The minimum Gasteiger partial charge on any atom is -0.439 e. The molecule has 0 aliphatic heterocycles. The fourth-order valence-corrected chi connectivity index (χ4v) is 0.610. The molecule has 54 valence electrons. The van der Waals surface area contributed by atoms with Crippen LogP contribution in [0.4, 0.5) is 4.79 Å². The highest BCUT2D eigenvalue weighted by molar-refractivity contribution is 14.1. The molecule has 4 heteroatoms. The summed E-state index contributed by atoms with van der Waals surface area (Å²) in [4.78, 5) is 10.5. The maximum Gasteiger partial charge on any atom is 0.407 e. The van der Waals surface area contributed by atoms with Gasteiger partial charge in [-0.05, 0) is 29.0 Å². The number of nitrogens with one attached hydrogen (secondary N) is 1. The van der Waals surface area contributed by atoms with E-state index in [1.54, 1.807) is 0 Å². The molecule has 0 saturated carbocycles. The van der Waals surface area contributed by atoms with Crippen molar-refractivity contribution in [1.29, 1.82) is 0 Å². The molecule has 0 aliphatic rings. The SMILES string of the molecule is CCCNC(=O)OCI. The Labute approximate surface area is 68.3 Å². The molecule has 0 aliphatic carbocycles. The van der Waals surface area contributed by atoms with Crippen molar-refractivity contribution in [2.75, 3.05) is 11.2 Å². The molecule has 1 N–H and O–H groups in total. The van der Waals surface area contributed by atoms with Crippen LogP contribution in [0.1, 0.15) is 13.3 Å². The Morgan fingerprint density at radius 2 is 2.44 bits per heavy atom. The van der Waals surface area contributed by atoms with Crippen molar-refractivity contribution in [2.24, 2.45) is 0 Å². The molecule has 0 fully saturated rings. The standard InChI is InChI=1S/C5H10INO2/c1-2-3-7-5(8)9-4-6/h2-4H2,1H3,(H,7,8). The first-order chi connectivity index (χ1) is 4.31. The van der Waals surface area contributed by atoms with Crippen molar-refractivity contribution in [2.45, 2.75) is 13.3 Å². The van der Waals surface area contributed by atoms with Crippen LogP contribution in [0.5, 0.6) is 0 Å². The molecule has 0 unspecified atom stereocenters. The van der Waals surface area contributed by atoms with Gasteiger partial charge in [0.1, 0.15) is 4.61 Å². The number of halogens is 1. The van der Waals surface area contributed by atoms with Gasteiger partial charge in [0.2, 0.25) is 0 Å². The predicted octanol–water partition coefficient (Wildman–Crippen LogP) is 1.52. The van der Waals surface area contributed by atoms with Crippen LogP contribution in [0.3, 0.4) is 0 Å². The quantitative estimate of drug-likeness (QED) is 0.602. The Balaban J connectivity index is 3.06. The third-order valence-electron chi connectivity index (χ3n) is 0.705. The van der Waals surface area contributed by atoms with Gasteiger partial charge in [-0.2, -0.15) is 0 Å². The topological polar surface area (TPSA) is 38.3 Å². The molecule has 0 aromatic rings. The molecule has 0 aromatic carbocycles. The second-order valence-electron chi connectivity index (χ2n) is 1.47. The molecular weight excluding hydrogens is 233 g/mol. The highest BCUT2D eigenvalue weighted by Gasteiger charge is 1.95. The summed E-state index contributed by atoms with van der Waals surface area (Å²) >= 11 is 1.97. The monoisotopic (exact) mass is 243 g/mol. The number of carbonyl (C=O) groups excluding carboxylic acids is 1. The minimum atomic E-state index is -0.328. The van der Waals surface area contributed by atoms with E-state index in [0.717, 1.165) is 6.42 Å². The van der Waals surface area contributed by atoms with Gasteiger partial charge < -0.3 is 10.1 Å². The van der Waals surface area contributed by atoms with Crippen LogP contribution in [-0.4, -0.2) is 17.3 Å². The minimum absolute atomic E-state index is 0.328. The van der Waals surface area contributed by atoms with Gasteiger partial charge in [-0.25, -0.2) is 4.79 Å². The average Bonchev–Trinajstić information content (AvgIpc) is 1.85. The number of rotatable bonds is 3. The molecule has 1 amide bonds. The van der Waals surface area contributed by atoms with E-state index in [9.17, 15) is 4.79 Å². The fraction of sp³-hybridized carbons (Fsp3) is 0.800. The van der Waals surface area contributed by atoms with E-state index >= 15 is 0 Å². The molecule has 0 spiro atoms. The first-order valence-corrected chi connectivity index (χ1v) is 4.30. The van der Waals surface area contributed by atoms with Crippen molar-refractivity contribution in [3.05, 3.63) is 0 Å². The van der Waals surface area contributed by atoms with E-state index in [1.165, 1.54) is 0 Å². The zero-order valence-corrected chi connectivity index (χ0v) is 7.47. The van der Waals surface area contributed by atoms with E-state index in [-0.39, 0.29) is 6.09 Å². The first-order valence-electron chi connectivity index (χ1n) is 2.77. The number of carbonyl (C=O) groups is 1. The van der Waals surface area contributed by atoms with Crippen molar-refractivity contribution in [1.82, 2.24) is 5.32 Å². The van der Waals surface area contributed by atoms with Crippen molar-refractivity contribution < 1.29 is 9.53 Å². The Morgan fingerprint density at radius 1 is 1.78 bits per heavy atom. The van der Waals surface area contributed by atoms with Crippen LogP contribution in [0.25, 0.3) is 0 Å². The van der Waals surface area contributed by atoms with Crippen LogP contribution in [0, 0.1) is 0 Å². The normalized spacial score (nSPS) is 8.67. The van der Waals surface area contributed by atoms with E-state index in [2.05, 4.69) is 10.1 Å². The van der Waals surface area contributed by atoms with Gasteiger partial charge in [0.05, 0.1) is 0 Å². The molecular formula is C5H10INO2. The third kappa shape index (κ3) is 5.88. The van der Waals surface area contributed by atoms with E-state index in [1.807, 2.05) is 29.5 Å². The number of alkyl carbamates (subject to hydrolysis) is 1. The molecule has 3 nitrogen and oxygen atoms in total. The lowest BCUT2D eigenvalue weighted by atomic mass is 10.5. The summed E-state index contributed by atoms with van der Waals surface area (Å²) in [5.41, 5.74) is 0.